The molecule has 2 rings (SSSR count). The molecule has 0 aliphatic heterocycles. The van der Waals surface area contributed by atoms with Gasteiger partial charge in [-0.3, -0.25) is 4.79 Å². The van der Waals surface area contributed by atoms with E-state index in [2.05, 4.69) is 10.5 Å². The van der Waals surface area contributed by atoms with Crippen LogP contribution in [-0.2, 0) is 4.79 Å². The van der Waals surface area contributed by atoms with Crippen LogP contribution in [-0.4, -0.2) is 23.8 Å². The number of phenolic OH excluding ortho intramolecular Hbond substituents is 1. The van der Waals surface area contributed by atoms with Gasteiger partial charge < -0.3 is 9.84 Å². The number of benzene rings is 2. The average molecular weight is 298 g/mol. The number of hydrogen-bond donors (Lipinski definition) is 2. The number of aryl methyl sites for hydroxylation is 2. The number of phenols is 1. The number of carbonyl (C=O) groups excluding carboxylic acids is 1. The lowest BCUT2D eigenvalue weighted by Crippen LogP contribution is -2.24. The molecule has 0 fully saturated rings. The Labute approximate surface area is 129 Å². The molecular weight excluding hydrogens is 280 g/mol. The summed E-state index contributed by atoms with van der Waals surface area (Å²) in [6, 6.07) is 12.4. The highest BCUT2D eigenvalue weighted by Crippen LogP contribution is 2.18. The van der Waals surface area contributed by atoms with Gasteiger partial charge in [-0.2, -0.15) is 5.10 Å². The number of rotatable bonds is 5. The van der Waals surface area contributed by atoms with Crippen molar-refractivity contribution in [3.8, 4) is 11.5 Å². The maximum absolute atomic E-state index is 11.7. The van der Waals surface area contributed by atoms with Gasteiger partial charge in [0, 0.05) is 0 Å². The van der Waals surface area contributed by atoms with E-state index in [4.69, 9.17) is 4.74 Å². The van der Waals surface area contributed by atoms with E-state index in [1.165, 1.54) is 6.21 Å². The van der Waals surface area contributed by atoms with Crippen molar-refractivity contribution in [3.63, 3.8) is 0 Å². The van der Waals surface area contributed by atoms with E-state index >= 15 is 0 Å². The number of aromatic hydroxyl groups is 1. The standard InChI is InChI=1S/C17H18N2O3/c1-12-6-7-13(2)16(8-12)22-11-17(21)19-18-10-14-4-3-5-15(20)9-14/h3-10,20H,11H2,1-2H3,(H,19,21)/b18-10-. The van der Waals surface area contributed by atoms with Gasteiger partial charge in [0.1, 0.15) is 11.5 Å². The first-order valence-corrected chi connectivity index (χ1v) is 6.85. The van der Waals surface area contributed by atoms with Crippen molar-refractivity contribution in [2.45, 2.75) is 13.8 Å². The van der Waals surface area contributed by atoms with Crippen LogP contribution in [0.1, 0.15) is 16.7 Å². The van der Waals surface area contributed by atoms with Gasteiger partial charge in [-0.1, -0.05) is 24.3 Å². The smallest absolute Gasteiger partial charge is 0.277 e. The molecule has 0 saturated carbocycles. The van der Waals surface area contributed by atoms with Crippen LogP contribution in [0.3, 0.4) is 0 Å². The van der Waals surface area contributed by atoms with Crippen LogP contribution in [0.5, 0.6) is 11.5 Å². The molecule has 1 amide bonds. The highest BCUT2D eigenvalue weighted by atomic mass is 16.5. The van der Waals surface area contributed by atoms with Crippen molar-refractivity contribution in [3.05, 3.63) is 59.2 Å². The van der Waals surface area contributed by atoms with Crippen molar-refractivity contribution in [2.24, 2.45) is 5.10 Å². The van der Waals surface area contributed by atoms with Crippen molar-refractivity contribution >= 4 is 12.1 Å². The van der Waals surface area contributed by atoms with Gasteiger partial charge in [0.25, 0.3) is 5.91 Å². The van der Waals surface area contributed by atoms with Gasteiger partial charge >= 0.3 is 0 Å². The summed E-state index contributed by atoms with van der Waals surface area (Å²) in [5, 5.41) is 13.1. The number of hydrogen-bond acceptors (Lipinski definition) is 4. The van der Waals surface area contributed by atoms with Crippen LogP contribution in [0.25, 0.3) is 0 Å². The van der Waals surface area contributed by atoms with Crippen LogP contribution in [0.4, 0.5) is 0 Å². The zero-order chi connectivity index (χ0) is 15.9. The number of amides is 1. The Kier molecular flexibility index (Phi) is 5.14. The Bertz CT molecular complexity index is 696. The van der Waals surface area contributed by atoms with Crippen LogP contribution in [0.2, 0.25) is 0 Å². The first kappa shape index (κ1) is 15.6. The van der Waals surface area contributed by atoms with E-state index in [1.807, 2.05) is 32.0 Å². The summed E-state index contributed by atoms with van der Waals surface area (Å²) in [5.74, 6) is 0.484. The molecule has 0 aromatic heterocycles. The lowest BCUT2D eigenvalue weighted by molar-refractivity contribution is -0.123. The van der Waals surface area contributed by atoms with E-state index in [-0.39, 0.29) is 18.3 Å². The minimum atomic E-state index is -0.350. The zero-order valence-corrected chi connectivity index (χ0v) is 12.5. The second-order valence-electron chi connectivity index (χ2n) is 4.95. The summed E-state index contributed by atoms with van der Waals surface area (Å²) in [4.78, 5) is 11.7. The van der Waals surface area contributed by atoms with Gasteiger partial charge in [0.05, 0.1) is 6.21 Å². The lowest BCUT2D eigenvalue weighted by atomic mass is 10.1. The maximum atomic E-state index is 11.7. The Hall–Kier alpha value is -2.82. The highest BCUT2D eigenvalue weighted by Gasteiger charge is 2.04. The summed E-state index contributed by atoms with van der Waals surface area (Å²) in [6.07, 6.45) is 1.45. The number of ether oxygens (including phenoxy) is 1. The molecule has 0 spiro atoms. The molecule has 22 heavy (non-hydrogen) atoms. The molecular formula is C17H18N2O3. The summed E-state index contributed by atoms with van der Waals surface area (Å²) in [7, 11) is 0. The number of nitrogens with zero attached hydrogens (tertiary/aromatic N) is 1. The fourth-order valence-corrected chi connectivity index (χ4v) is 1.82. The Morgan fingerprint density at radius 1 is 1.27 bits per heavy atom. The fraction of sp³-hybridized carbons (Fsp3) is 0.176. The van der Waals surface area contributed by atoms with E-state index in [9.17, 15) is 9.90 Å². The number of carbonyl (C=O) groups is 1. The topological polar surface area (TPSA) is 70.9 Å². The van der Waals surface area contributed by atoms with Gasteiger partial charge in [-0.05, 0) is 48.7 Å². The van der Waals surface area contributed by atoms with E-state index in [0.29, 0.717) is 11.3 Å². The molecule has 5 nitrogen and oxygen atoms in total. The second kappa shape index (κ2) is 7.26. The van der Waals surface area contributed by atoms with Crippen LogP contribution >= 0.6 is 0 Å². The molecule has 0 unspecified atom stereocenters. The van der Waals surface area contributed by atoms with Crippen molar-refractivity contribution < 1.29 is 14.6 Å². The summed E-state index contributed by atoms with van der Waals surface area (Å²) in [5.41, 5.74) is 5.12. The molecule has 2 aromatic rings. The minimum Gasteiger partial charge on any atom is -0.508 e. The van der Waals surface area contributed by atoms with Crippen LogP contribution in [0.15, 0.2) is 47.6 Å². The molecule has 2 aromatic carbocycles. The maximum Gasteiger partial charge on any atom is 0.277 e. The van der Waals surface area contributed by atoms with E-state index < -0.39 is 0 Å². The molecule has 0 heterocycles. The molecule has 0 aliphatic rings. The second-order valence-corrected chi connectivity index (χ2v) is 4.95. The third kappa shape index (κ3) is 4.63. The molecule has 0 saturated heterocycles. The minimum absolute atomic E-state index is 0.109. The van der Waals surface area contributed by atoms with E-state index in [0.717, 1.165) is 11.1 Å². The lowest BCUT2D eigenvalue weighted by Gasteiger charge is -2.08. The largest absolute Gasteiger partial charge is 0.508 e. The summed E-state index contributed by atoms with van der Waals surface area (Å²) < 4.78 is 5.48. The van der Waals surface area contributed by atoms with E-state index in [1.54, 1.807) is 24.3 Å². The van der Waals surface area contributed by atoms with Crippen molar-refractivity contribution in [2.75, 3.05) is 6.61 Å². The third-order valence-electron chi connectivity index (χ3n) is 2.98. The Morgan fingerprint density at radius 3 is 2.86 bits per heavy atom. The molecule has 0 aliphatic carbocycles. The van der Waals surface area contributed by atoms with Crippen molar-refractivity contribution in [1.29, 1.82) is 0 Å². The molecule has 0 radical (unpaired) electrons. The molecule has 114 valence electrons. The number of hydrazone groups is 1. The SMILES string of the molecule is Cc1ccc(C)c(OCC(=O)N/N=C\c2cccc(O)c2)c1. The fourth-order valence-electron chi connectivity index (χ4n) is 1.82. The molecule has 2 N–H and O–H groups in total. The normalized spacial score (nSPS) is 10.6. The third-order valence-corrected chi connectivity index (χ3v) is 2.98. The first-order chi connectivity index (χ1) is 10.5. The van der Waals surface area contributed by atoms with Gasteiger partial charge in [-0.15, -0.1) is 0 Å². The monoisotopic (exact) mass is 298 g/mol. The Morgan fingerprint density at radius 2 is 2.09 bits per heavy atom. The average Bonchev–Trinajstić information content (AvgIpc) is 2.48. The van der Waals surface area contributed by atoms with Gasteiger partial charge in [-0.25, -0.2) is 5.43 Å². The zero-order valence-electron chi connectivity index (χ0n) is 12.5. The van der Waals surface area contributed by atoms with Gasteiger partial charge in [0.2, 0.25) is 0 Å². The number of nitrogens with one attached hydrogen (secondary N) is 1. The quantitative estimate of drug-likeness (QED) is 0.658. The first-order valence-electron chi connectivity index (χ1n) is 6.85. The van der Waals surface area contributed by atoms with Crippen LogP contribution < -0.4 is 10.2 Å². The molecule has 0 atom stereocenters. The predicted octanol–water partition coefficient (Wildman–Crippen LogP) is 2.54. The molecule has 5 heteroatoms. The molecule has 0 bridgehead atoms. The highest BCUT2D eigenvalue weighted by molar-refractivity contribution is 5.83. The summed E-state index contributed by atoms with van der Waals surface area (Å²) in [6.45, 7) is 3.78. The Balaban J connectivity index is 1.84. The predicted molar refractivity (Wildman–Crippen MR) is 85.3 cm³/mol. The van der Waals surface area contributed by atoms with Crippen LogP contribution in [0, 0.1) is 13.8 Å². The summed E-state index contributed by atoms with van der Waals surface area (Å²) >= 11 is 0. The van der Waals surface area contributed by atoms with Crippen molar-refractivity contribution in [1.82, 2.24) is 5.43 Å². The van der Waals surface area contributed by atoms with Gasteiger partial charge in [0.15, 0.2) is 6.61 Å².